The molecular weight excluding hydrogens is 277 g/mol. The van der Waals surface area contributed by atoms with E-state index in [1.165, 1.54) is 12.8 Å². The largest absolute Gasteiger partial charge is 0.351 e. The number of nitrogens with zero attached hydrogens (tertiary/aromatic N) is 2. The Morgan fingerprint density at radius 1 is 1.23 bits per heavy atom. The van der Waals surface area contributed by atoms with Crippen LogP contribution in [0, 0.1) is 0 Å². The van der Waals surface area contributed by atoms with Crippen LogP contribution in [0.25, 0.3) is 0 Å². The first-order valence-electron chi connectivity index (χ1n) is 3.59. The van der Waals surface area contributed by atoms with Crippen LogP contribution >= 0.6 is 40.7 Å². The number of aromatic nitrogens is 2. The van der Waals surface area contributed by atoms with Gasteiger partial charge in [0.2, 0.25) is 5.95 Å². The van der Waals surface area contributed by atoms with Gasteiger partial charge in [-0.3, -0.25) is 0 Å². The van der Waals surface area contributed by atoms with E-state index in [-0.39, 0.29) is 24.8 Å². The van der Waals surface area contributed by atoms with Gasteiger partial charge in [-0.15, -0.1) is 24.8 Å². The lowest BCUT2D eigenvalue weighted by molar-refractivity contribution is 1.05. The first-order chi connectivity index (χ1) is 5.34. The summed E-state index contributed by atoms with van der Waals surface area (Å²) >= 11 is 3.27. The molecule has 0 radical (unpaired) electrons. The molecule has 0 aliphatic heterocycles. The van der Waals surface area contributed by atoms with E-state index in [9.17, 15) is 0 Å². The summed E-state index contributed by atoms with van der Waals surface area (Å²) in [6.45, 7) is 0. The number of hydrogen-bond donors (Lipinski definition) is 1. The molecule has 0 amide bonds. The van der Waals surface area contributed by atoms with Crippen molar-refractivity contribution in [2.75, 3.05) is 5.32 Å². The topological polar surface area (TPSA) is 37.8 Å². The highest BCUT2D eigenvalue weighted by atomic mass is 79.9. The minimum atomic E-state index is 0. The maximum atomic E-state index is 4.09. The van der Waals surface area contributed by atoms with Crippen LogP contribution in [0.3, 0.4) is 0 Å². The normalized spacial score (nSPS) is 13.9. The fourth-order valence-corrected chi connectivity index (χ4v) is 1.00. The molecule has 6 heteroatoms. The summed E-state index contributed by atoms with van der Waals surface area (Å²) in [5, 5.41) is 3.20. The third kappa shape index (κ3) is 4.11. The van der Waals surface area contributed by atoms with Gasteiger partial charge < -0.3 is 5.32 Å². The summed E-state index contributed by atoms with van der Waals surface area (Å²) in [5.74, 6) is 0.732. The van der Waals surface area contributed by atoms with Crippen LogP contribution < -0.4 is 5.32 Å². The van der Waals surface area contributed by atoms with Crippen LogP contribution in [-0.2, 0) is 0 Å². The molecular formula is C7H10BrCl2N3. The molecule has 1 aliphatic rings. The maximum Gasteiger partial charge on any atom is 0.222 e. The van der Waals surface area contributed by atoms with Crippen LogP contribution in [0.1, 0.15) is 12.8 Å². The lowest BCUT2D eigenvalue weighted by atomic mass is 10.6. The van der Waals surface area contributed by atoms with Gasteiger partial charge >= 0.3 is 0 Å². The van der Waals surface area contributed by atoms with Crippen molar-refractivity contribution in [1.29, 1.82) is 0 Å². The predicted octanol–water partition coefficient (Wildman–Crippen LogP) is 2.66. The second-order valence-corrected chi connectivity index (χ2v) is 3.56. The first-order valence-corrected chi connectivity index (χ1v) is 4.38. The third-order valence-electron chi connectivity index (χ3n) is 1.53. The van der Waals surface area contributed by atoms with Crippen LogP contribution in [0.5, 0.6) is 0 Å². The summed E-state index contributed by atoms with van der Waals surface area (Å²) in [7, 11) is 0. The van der Waals surface area contributed by atoms with Gasteiger partial charge in [-0.05, 0) is 28.8 Å². The Morgan fingerprint density at radius 2 is 1.77 bits per heavy atom. The van der Waals surface area contributed by atoms with Gasteiger partial charge in [-0.25, -0.2) is 9.97 Å². The van der Waals surface area contributed by atoms with Crippen molar-refractivity contribution >= 4 is 46.7 Å². The number of anilines is 1. The molecule has 0 atom stereocenters. The summed E-state index contributed by atoms with van der Waals surface area (Å²) in [6.07, 6.45) is 5.99. The van der Waals surface area contributed by atoms with Gasteiger partial charge in [0.05, 0.1) is 4.47 Å². The van der Waals surface area contributed by atoms with Crippen molar-refractivity contribution in [2.24, 2.45) is 0 Å². The van der Waals surface area contributed by atoms with Gasteiger partial charge in [-0.1, -0.05) is 0 Å². The molecule has 2 rings (SSSR count). The molecule has 1 fully saturated rings. The molecule has 1 aromatic rings. The Balaban J connectivity index is 0.000000720. The van der Waals surface area contributed by atoms with Crippen LogP contribution in [-0.4, -0.2) is 16.0 Å². The van der Waals surface area contributed by atoms with Crippen molar-refractivity contribution < 1.29 is 0 Å². The standard InChI is InChI=1S/C7H8BrN3.2ClH/c8-5-3-9-7(10-4-5)11-6-1-2-6;;/h3-4,6H,1-2H2,(H,9,10,11);2*1H. The van der Waals surface area contributed by atoms with E-state index in [2.05, 4.69) is 31.2 Å². The molecule has 0 unspecified atom stereocenters. The Labute approximate surface area is 97.7 Å². The van der Waals surface area contributed by atoms with Gasteiger partial charge in [-0.2, -0.15) is 0 Å². The van der Waals surface area contributed by atoms with Gasteiger partial charge in [0.15, 0.2) is 0 Å². The quantitative estimate of drug-likeness (QED) is 0.908. The second-order valence-electron chi connectivity index (χ2n) is 2.64. The molecule has 1 aliphatic carbocycles. The van der Waals surface area contributed by atoms with Crippen LogP contribution in [0.2, 0.25) is 0 Å². The number of nitrogens with one attached hydrogen (secondary N) is 1. The Kier molecular flexibility index (Phi) is 5.60. The lowest BCUT2D eigenvalue weighted by Gasteiger charge is -1.99. The average Bonchev–Trinajstić information content (AvgIpc) is 2.78. The van der Waals surface area contributed by atoms with E-state index in [0.29, 0.717) is 6.04 Å². The van der Waals surface area contributed by atoms with Gasteiger partial charge in [0.25, 0.3) is 0 Å². The highest BCUT2D eigenvalue weighted by Gasteiger charge is 2.21. The molecule has 3 nitrogen and oxygen atoms in total. The zero-order valence-electron chi connectivity index (χ0n) is 6.74. The molecule has 1 N–H and O–H groups in total. The highest BCUT2D eigenvalue weighted by Crippen LogP contribution is 2.22. The van der Waals surface area contributed by atoms with Crippen molar-refractivity contribution in [3.05, 3.63) is 16.9 Å². The molecule has 0 saturated heterocycles. The Bertz CT molecular complexity index is 250. The van der Waals surface area contributed by atoms with Gasteiger partial charge in [0, 0.05) is 18.4 Å². The predicted molar refractivity (Wildman–Crippen MR) is 60.9 cm³/mol. The molecule has 0 bridgehead atoms. The SMILES string of the molecule is Brc1cnc(NC2CC2)nc1.Cl.Cl. The smallest absolute Gasteiger partial charge is 0.222 e. The fourth-order valence-electron chi connectivity index (χ4n) is 0.797. The summed E-state index contributed by atoms with van der Waals surface area (Å²) < 4.78 is 0.916. The zero-order chi connectivity index (χ0) is 7.68. The number of rotatable bonds is 2. The Hall–Kier alpha value is -0.0600. The van der Waals surface area contributed by atoms with E-state index in [4.69, 9.17) is 0 Å². The van der Waals surface area contributed by atoms with Crippen molar-refractivity contribution in [3.63, 3.8) is 0 Å². The summed E-state index contributed by atoms with van der Waals surface area (Å²) in [4.78, 5) is 8.18. The van der Waals surface area contributed by atoms with Gasteiger partial charge in [0.1, 0.15) is 0 Å². The number of halogens is 3. The molecule has 1 aromatic heterocycles. The molecule has 13 heavy (non-hydrogen) atoms. The monoisotopic (exact) mass is 285 g/mol. The maximum absolute atomic E-state index is 4.09. The summed E-state index contributed by atoms with van der Waals surface area (Å²) in [6, 6.07) is 0.621. The molecule has 1 heterocycles. The van der Waals surface area contributed by atoms with Crippen LogP contribution in [0.15, 0.2) is 16.9 Å². The minimum Gasteiger partial charge on any atom is -0.351 e. The van der Waals surface area contributed by atoms with E-state index in [1.807, 2.05) is 0 Å². The third-order valence-corrected chi connectivity index (χ3v) is 1.94. The first kappa shape index (κ1) is 12.9. The van der Waals surface area contributed by atoms with E-state index >= 15 is 0 Å². The number of hydrogen-bond acceptors (Lipinski definition) is 3. The second kappa shape index (κ2) is 5.62. The average molecular weight is 287 g/mol. The molecule has 74 valence electrons. The lowest BCUT2D eigenvalue weighted by Crippen LogP contribution is -2.04. The summed E-state index contributed by atoms with van der Waals surface area (Å²) in [5.41, 5.74) is 0. The highest BCUT2D eigenvalue weighted by molar-refractivity contribution is 9.10. The van der Waals surface area contributed by atoms with Crippen molar-refractivity contribution in [1.82, 2.24) is 9.97 Å². The fraction of sp³-hybridized carbons (Fsp3) is 0.429. The van der Waals surface area contributed by atoms with E-state index in [1.54, 1.807) is 12.4 Å². The Morgan fingerprint density at radius 3 is 2.23 bits per heavy atom. The van der Waals surface area contributed by atoms with E-state index < -0.39 is 0 Å². The molecule has 0 spiro atoms. The van der Waals surface area contributed by atoms with Crippen molar-refractivity contribution in [3.8, 4) is 0 Å². The molecule has 1 saturated carbocycles. The minimum absolute atomic E-state index is 0. The zero-order valence-corrected chi connectivity index (χ0v) is 9.95. The molecule has 0 aromatic carbocycles. The van der Waals surface area contributed by atoms with Crippen LogP contribution in [0.4, 0.5) is 5.95 Å². The van der Waals surface area contributed by atoms with Crippen molar-refractivity contribution in [2.45, 2.75) is 18.9 Å². The van der Waals surface area contributed by atoms with E-state index in [0.717, 1.165) is 10.4 Å².